The van der Waals surface area contributed by atoms with Gasteiger partial charge in [0.2, 0.25) is 0 Å². The number of carbonyl (C=O) groups excluding carboxylic acids is 2. The highest BCUT2D eigenvalue weighted by molar-refractivity contribution is 5.94. The minimum atomic E-state index is -4.43. The molecule has 0 radical (unpaired) electrons. The van der Waals surface area contributed by atoms with Gasteiger partial charge in [-0.1, -0.05) is 5.16 Å². The van der Waals surface area contributed by atoms with Gasteiger partial charge in [0.25, 0.3) is 11.8 Å². The van der Waals surface area contributed by atoms with Gasteiger partial charge in [0.1, 0.15) is 5.76 Å². The molecule has 1 aromatic heterocycles. The molecular weight excluding hydrogens is 363 g/mol. The number of piperidine rings is 1. The van der Waals surface area contributed by atoms with Gasteiger partial charge in [-0.15, -0.1) is 0 Å². The number of hydrogen-bond donors (Lipinski definition) is 1. The molecular formula is C18H18F3N3O3. The van der Waals surface area contributed by atoms with E-state index in [1.807, 2.05) is 0 Å². The van der Waals surface area contributed by atoms with E-state index in [2.05, 4.69) is 10.5 Å². The van der Waals surface area contributed by atoms with Crippen molar-refractivity contribution < 1.29 is 27.3 Å². The first kappa shape index (κ1) is 18.9. The number of benzene rings is 1. The Kier molecular flexibility index (Phi) is 5.20. The van der Waals surface area contributed by atoms with Crippen molar-refractivity contribution in [3.8, 4) is 0 Å². The van der Waals surface area contributed by atoms with Gasteiger partial charge >= 0.3 is 6.18 Å². The summed E-state index contributed by atoms with van der Waals surface area (Å²) in [6.45, 7) is 2.60. The quantitative estimate of drug-likeness (QED) is 0.887. The highest BCUT2D eigenvalue weighted by Gasteiger charge is 2.30. The molecule has 0 unspecified atom stereocenters. The van der Waals surface area contributed by atoms with Crippen molar-refractivity contribution in [2.45, 2.75) is 32.0 Å². The van der Waals surface area contributed by atoms with Crippen LogP contribution in [0.5, 0.6) is 0 Å². The number of nitrogens with zero attached hydrogens (tertiary/aromatic N) is 2. The number of hydrogen-bond acceptors (Lipinski definition) is 4. The monoisotopic (exact) mass is 381 g/mol. The van der Waals surface area contributed by atoms with Crippen molar-refractivity contribution in [3.63, 3.8) is 0 Å². The van der Waals surface area contributed by atoms with Crippen LogP contribution in [0.15, 0.2) is 34.9 Å². The Morgan fingerprint density at radius 1 is 1.19 bits per heavy atom. The molecule has 1 fully saturated rings. The van der Waals surface area contributed by atoms with E-state index < -0.39 is 17.6 Å². The fourth-order valence-electron chi connectivity index (χ4n) is 2.94. The topological polar surface area (TPSA) is 75.4 Å². The summed E-state index contributed by atoms with van der Waals surface area (Å²) in [4.78, 5) is 26.2. The molecule has 9 heteroatoms. The normalized spacial score (nSPS) is 15.6. The highest BCUT2D eigenvalue weighted by atomic mass is 19.4. The average Bonchev–Trinajstić information content (AvgIpc) is 3.07. The molecule has 1 aliphatic rings. The number of nitrogens with one attached hydrogen (secondary N) is 1. The summed E-state index contributed by atoms with van der Waals surface area (Å²) in [7, 11) is 0. The predicted molar refractivity (Wildman–Crippen MR) is 89.1 cm³/mol. The smallest absolute Gasteiger partial charge is 0.361 e. The molecule has 0 spiro atoms. The molecule has 2 amide bonds. The lowest BCUT2D eigenvalue weighted by molar-refractivity contribution is -0.137. The lowest BCUT2D eigenvalue weighted by Gasteiger charge is -2.31. The third kappa shape index (κ3) is 4.47. The third-order valence-electron chi connectivity index (χ3n) is 4.44. The zero-order chi connectivity index (χ0) is 19.6. The van der Waals surface area contributed by atoms with E-state index >= 15 is 0 Å². The molecule has 0 aliphatic carbocycles. The van der Waals surface area contributed by atoms with E-state index in [0.717, 1.165) is 24.3 Å². The molecule has 1 N–H and O–H groups in total. The van der Waals surface area contributed by atoms with Gasteiger partial charge in [0, 0.05) is 30.8 Å². The van der Waals surface area contributed by atoms with E-state index in [1.165, 1.54) is 0 Å². The first-order valence-electron chi connectivity index (χ1n) is 8.45. The number of alkyl halides is 3. The average molecular weight is 381 g/mol. The summed E-state index contributed by atoms with van der Waals surface area (Å²) in [6, 6.07) is 5.50. The minimum Gasteiger partial charge on any atom is -0.361 e. The maximum absolute atomic E-state index is 12.6. The zero-order valence-corrected chi connectivity index (χ0v) is 14.5. The van der Waals surface area contributed by atoms with E-state index in [1.54, 1.807) is 17.9 Å². The van der Waals surface area contributed by atoms with Crippen LogP contribution in [0.2, 0.25) is 0 Å². The van der Waals surface area contributed by atoms with Crippen LogP contribution >= 0.6 is 0 Å². The van der Waals surface area contributed by atoms with Crippen LogP contribution in [0.4, 0.5) is 13.2 Å². The SMILES string of the molecule is Cc1cc(C(=O)N2CCC(NC(=O)c3ccc(C(F)(F)F)cc3)CC2)no1. The highest BCUT2D eigenvalue weighted by Crippen LogP contribution is 2.29. The Morgan fingerprint density at radius 2 is 1.81 bits per heavy atom. The van der Waals surface area contributed by atoms with Gasteiger partial charge in [0.05, 0.1) is 5.56 Å². The Labute approximate surface area is 153 Å². The summed E-state index contributed by atoms with van der Waals surface area (Å²) in [5, 5.41) is 6.51. The van der Waals surface area contributed by atoms with E-state index in [0.29, 0.717) is 31.7 Å². The Bertz CT molecular complexity index is 822. The summed E-state index contributed by atoms with van der Waals surface area (Å²) in [5.41, 5.74) is -0.381. The molecule has 1 saturated heterocycles. The van der Waals surface area contributed by atoms with Crippen LogP contribution in [0.3, 0.4) is 0 Å². The molecule has 2 aromatic rings. The molecule has 27 heavy (non-hydrogen) atoms. The number of carbonyl (C=O) groups is 2. The van der Waals surface area contributed by atoms with Gasteiger partial charge in [-0.2, -0.15) is 13.2 Å². The molecule has 0 atom stereocenters. The number of rotatable bonds is 3. The van der Waals surface area contributed by atoms with Crippen LogP contribution in [-0.2, 0) is 6.18 Å². The molecule has 1 aliphatic heterocycles. The van der Waals surface area contributed by atoms with Crippen molar-refractivity contribution in [1.82, 2.24) is 15.4 Å². The number of aromatic nitrogens is 1. The second-order valence-corrected chi connectivity index (χ2v) is 6.44. The minimum absolute atomic E-state index is 0.150. The molecule has 0 saturated carbocycles. The zero-order valence-electron chi connectivity index (χ0n) is 14.5. The number of halogens is 3. The van der Waals surface area contributed by atoms with Crippen LogP contribution in [0, 0.1) is 6.92 Å². The van der Waals surface area contributed by atoms with Crippen LogP contribution in [0.1, 0.15) is 45.0 Å². The van der Waals surface area contributed by atoms with Gasteiger partial charge in [0.15, 0.2) is 5.69 Å². The van der Waals surface area contributed by atoms with Gasteiger partial charge < -0.3 is 14.7 Å². The second-order valence-electron chi connectivity index (χ2n) is 6.44. The molecule has 1 aromatic carbocycles. The van der Waals surface area contributed by atoms with Crippen molar-refractivity contribution in [2.75, 3.05) is 13.1 Å². The van der Waals surface area contributed by atoms with E-state index in [4.69, 9.17) is 4.52 Å². The summed E-state index contributed by atoms with van der Waals surface area (Å²) in [6.07, 6.45) is -3.33. The number of amides is 2. The Hall–Kier alpha value is -2.84. The van der Waals surface area contributed by atoms with Crippen molar-refractivity contribution in [2.24, 2.45) is 0 Å². The second kappa shape index (κ2) is 7.42. The molecule has 6 nitrogen and oxygen atoms in total. The standard InChI is InChI=1S/C18H18F3N3O3/c1-11-10-15(23-27-11)17(26)24-8-6-14(7-9-24)22-16(25)12-2-4-13(5-3-12)18(19,20)21/h2-5,10,14H,6-9H2,1H3,(H,22,25). The largest absolute Gasteiger partial charge is 0.416 e. The Balaban J connectivity index is 1.53. The summed E-state index contributed by atoms with van der Waals surface area (Å²) < 4.78 is 42.6. The fourth-order valence-corrected chi connectivity index (χ4v) is 2.94. The molecule has 144 valence electrons. The maximum Gasteiger partial charge on any atom is 0.416 e. The lowest BCUT2D eigenvalue weighted by atomic mass is 10.0. The maximum atomic E-state index is 12.6. The van der Waals surface area contributed by atoms with Gasteiger partial charge in [-0.25, -0.2) is 0 Å². The van der Waals surface area contributed by atoms with Crippen molar-refractivity contribution in [1.29, 1.82) is 0 Å². The summed E-state index contributed by atoms with van der Waals surface area (Å²) in [5.74, 6) is -0.1000. The molecule has 0 bridgehead atoms. The fraction of sp³-hybridized carbons (Fsp3) is 0.389. The Morgan fingerprint density at radius 3 is 2.33 bits per heavy atom. The van der Waals surface area contributed by atoms with Crippen molar-refractivity contribution >= 4 is 11.8 Å². The number of aryl methyl sites for hydroxylation is 1. The lowest BCUT2D eigenvalue weighted by Crippen LogP contribution is -2.46. The molecule has 3 rings (SSSR count). The summed E-state index contributed by atoms with van der Waals surface area (Å²) >= 11 is 0. The van der Waals surface area contributed by atoms with Gasteiger partial charge in [-0.05, 0) is 44.0 Å². The van der Waals surface area contributed by atoms with E-state index in [-0.39, 0.29) is 23.2 Å². The van der Waals surface area contributed by atoms with Crippen molar-refractivity contribution in [3.05, 3.63) is 52.9 Å². The first-order valence-corrected chi connectivity index (χ1v) is 8.45. The van der Waals surface area contributed by atoms with Crippen LogP contribution < -0.4 is 5.32 Å². The van der Waals surface area contributed by atoms with Crippen LogP contribution in [0.25, 0.3) is 0 Å². The first-order chi connectivity index (χ1) is 12.7. The number of likely N-dealkylation sites (tertiary alicyclic amines) is 1. The van der Waals surface area contributed by atoms with E-state index in [9.17, 15) is 22.8 Å². The molecule has 2 heterocycles. The predicted octanol–water partition coefficient (Wildman–Crippen LogP) is 3.04. The van der Waals surface area contributed by atoms with Gasteiger partial charge in [-0.3, -0.25) is 9.59 Å². The van der Waals surface area contributed by atoms with Crippen LogP contribution in [-0.4, -0.2) is 41.0 Å². The third-order valence-corrected chi connectivity index (χ3v) is 4.44.